The molecule has 0 saturated heterocycles. The zero-order valence-corrected chi connectivity index (χ0v) is 20.5. The number of furan rings is 1. The van der Waals surface area contributed by atoms with Crippen molar-refractivity contribution in [2.75, 3.05) is 17.7 Å². The first-order chi connectivity index (χ1) is 15.6. The molecule has 0 aliphatic carbocycles. The molecule has 0 fully saturated rings. The van der Waals surface area contributed by atoms with Gasteiger partial charge < -0.3 is 20.0 Å². The molecule has 0 radical (unpaired) electrons. The lowest BCUT2D eigenvalue weighted by atomic mass is 9.84. The molecule has 1 atom stereocenters. The molecule has 3 aromatic rings. The summed E-state index contributed by atoms with van der Waals surface area (Å²) in [6, 6.07) is 5.16. The zero-order valence-electron chi connectivity index (χ0n) is 20.8. The highest BCUT2D eigenvalue weighted by molar-refractivity contribution is 6.32. The average Bonchev–Trinajstić information content (AvgIpc) is 3.27. The molecule has 174 valence electrons. The molecule has 0 spiro atoms. The van der Waals surface area contributed by atoms with Crippen LogP contribution in [0.1, 0.15) is 69.4 Å². The number of nitrogens with one attached hydrogen (secondary N) is 2. The van der Waals surface area contributed by atoms with Crippen molar-refractivity contribution in [1.29, 1.82) is 0 Å². The smallest absolute Gasteiger partial charge is 0.256 e. The summed E-state index contributed by atoms with van der Waals surface area (Å²) < 4.78 is 14.9. The number of fused-ring (bicyclic) bond motifs is 1. The van der Waals surface area contributed by atoms with Gasteiger partial charge in [0.1, 0.15) is 22.9 Å². The summed E-state index contributed by atoms with van der Waals surface area (Å²) in [6.07, 6.45) is 0. The van der Waals surface area contributed by atoms with Crippen molar-refractivity contribution < 1.29 is 10.6 Å². The summed E-state index contributed by atoms with van der Waals surface area (Å²) in [4.78, 5) is 39.8. The molecular formula is C25H28ClN3O4. The van der Waals surface area contributed by atoms with Crippen LogP contribution < -0.4 is 21.5 Å². The van der Waals surface area contributed by atoms with Gasteiger partial charge in [-0.1, -0.05) is 32.4 Å². The van der Waals surface area contributed by atoms with E-state index in [2.05, 4.69) is 10.6 Å². The van der Waals surface area contributed by atoms with Gasteiger partial charge in [0.15, 0.2) is 0 Å². The Bertz CT molecular complexity index is 1390. The molecule has 8 heteroatoms. The van der Waals surface area contributed by atoms with Crippen LogP contribution in [0.25, 0.3) is 0 Å². The van der Waals surface area contributed by atoms with Crippen LogP contribution >= 0.6 is 11.6 Å². The van der Waals surface area contributed by atoms with Gasteiger partial charge in [0, 0.05) is 17.6 Å². The van der Waals surface area contributed by atoms with Crippen molar-refractivity contribution in [3.63, 3.8) is 0 Å². The van der Waals surface area contributed by atoms with Crippen molar-refractivity contribution in [3.05, 3.63) is 72.4 Å². The average molecular weight is 471 g/mol. The molecule has 0 bridgehead atoms. The number of nitrogens with zero attached hydrogens (tertiary/aromatic N) is 1. The molecule has 1 aromatic heterocycles. The third-order valence-corrected chi connectivity index (χ3v) is 6.60. The fraction of sp³-hybridized carbons (Fsp3) is 0.400. The van der Waals surface area contributed by atoms with Crippen LogP contribution in [0.2, 0.25) is 5.02 Å². The highest BCUT2D eigenvalue weighted by Gasteiger charge is 2.44. The minimum absolute atomic E-state index is 0.00108. The second-order valence-electron chi connectivity index (χ2n) is 9.96. The Labute approximate surface area is 198 Å². The number of hydrogen-bond acceptors (Lipinski definition) is 6. The SMILES string of the molecule is [2H][C@@](Nc1c(Nc2ccc(Cl)c3c2C(=O)N(C)C3(C)C)c(=O)c1=O)(c1ccc(C)o1)C(C)(C)C. The Kier molecular flexibility index (Phi) is 4.94. The van der Waals surface area contributed by atoms with E-state index in [1.165, 1.54) is 0 Å². The standard InChI is InChI=1S/C25H28ClN3O4/c1-12-8-11-15(33-12)22(24(2,3)4)28-19-18(20(30)21(19)31)27-14-10-9-13(26)17-16(14)23(32)29(7)25(17,5)6/h8-11,22,27-28H,1-7H3/t22-/m1/s1/i22D. The maximum absolute atomic E-state index is 13.0. The summed E-state index contributed by atoms with van der Waals surface area (Å²) in [5.41, 5.74) is -1.46. The number of benzene rings is 1. The summed E-state index contributed by atoms with van der Waals surface area (Å²) in [5.74, 6) is 0.708. The van der Waals surface area contributed by atoms with Gasteiger partial charge in [0.25, 0.3) is 16.8 Å². The Balaban J connectivity index is 1.79. The number of rotatable bonds is 5. The lowest BCUT2D eigenvalue weighted by molar-refractivity contribution is 0.0692. The van der Waals surface area contributed by atoms with Gasteiger partial charge in [0.05, 0.1) is 24.2 Å². The fourth-order valence-corrected chi connectivity index (χ4v) is 4.56. The lowest BCUT2D eigenvalue weighted by Gasteiger charge is -2.31. The molecule has 7 nitrogen and oxygen atoms in total. The second kappa shape index (κ2) is 7.48. The van der Waals surface area contributed by atoms with E-state index in [9.17, 15) is 15.8 Å². The lowest BCUT2D eigenvalue weighted by Crippen LogP contribution is -2.39. The molecule has 33 heavy (non-hydrogen) atoms. The van der Waals surface area contributed by atoms with Gasteiger partial charge in [-0.15, -0.1) is 0 Å². The Morgan fingerprint density at radius 1 is 1.09 bits per heavy atom. The topological polar surface area (TPSA) is 91.6 Å². The number of aryl methyl sites for hydroxylation is 1. The molecule has 2 aromatic carbocycles. The van der Waals surface area contributed by atoms with Crippen molar-refractivity contribution in [1.82, 2.24) is 4.90 Å². The number of amides is 1. The minimum Gasteiger partial charge on any atom is -0.464 e. The highest BCUT2D eigenvalue weighted by Crippen LogP contribution is 2.45. The molecule has 1 amide bonds. The van der Waals surface area contributed by atoms with E-state index >= 15 is 0 Å². The van der Waals surface area contributed by atoms with Crippen LogP contribution in [-0.2, 0) is 5.54 Å². The van der Waals surface area contributed by atoms with Gasteiger partial charge in [-0.05, 0) is 50.5 Å². The molecular weight excluding hydrogens is 442 g/mol. The van der Waals surface area contributed by atoms with E-state index in [0.717, 1.165) is 0 Å². The third kappa shape index (κ3) is 3.55. The molecule has 0 saturated carbocycles. The first-order valence-corrected chi connectivity index (χ1v) is 11.1. The van der Waals surface area contributed by atoms with Gasteiger partial charge in [-0.3, -0.25) is 14.4 Å². The Morgan fingerprint density at radius 3 is 2.30 bits per heavy atom. The van der Waals surface area contributed by atoms with Crippen LogP contribution in [0.4, 0.5) is 17.1 Å². The number of carbonyl (C=O) groups excluding carboxylic acids is 1. The first-order valence-electron chi connectivity index (χ1n) is 11.2. The fourth-order valence-electron chi connectivity index (χ4n) is 4.17. The minimum atomic E-state index is -1.54. The van der Waals surface area contributed by atoms with Crippen LogP contribution in [0.3, 0.4) is 0 Å². The van der Waals surface area contributed by atoms with Gasteiger partial charge in [-0.25, -0.2) is 0 Å². The predicted octanol–water partition coefficient (Wildman–Crippen LogP) is 5.10. The summed E-state index contributed by atoms with van der Waals surface area (Å²) in [5, 5.41) is 6.39. The summed E-state index contributed by atoms with van der Waals surface area (Å²) >= 11 is 6.44. The maximum Gasteiger partial charge on any atom is 0.256 e. The van der Waals surface area contributed by atoms with Crippen molar-refractivity contribution in [2.24, 2.45) is 5.41 Å². The summed E-state index contributed by atoms with van der Waals surface area (Å²) in [7, 11) is 1.69. The number of anilines is 3. The van der Waals surface area contributed by atoms with E-state index in [-0.39, 0.29) is 17.3 Å². The van der Waals surface area contributed by atoms with E-state index in [4.69, 9.17) is 16.0 Å². The third-order valence-electron chi connectivity index (χ3n) is 6.28. The number of carbonyl (C=O) groups is 1. The highest BCUT2D eigenvalue weighted by atomic mass is 35.5. The molecule has 2 heterocycles. The van der Waals surface area contributed by atoms with Crippen molar-refractivity contribution in [3.8, 4) is 0 Å². The van der Waals surface area contributed by atoms with E-state index in [1.54, 1.807) is 43.1 Å². The van der Waals surface area contributed by atoms with Gasteiger partial charge in [-0.2, -0.15) is 0 Å². The molecule has 1 aliphatic rings. The van der Waals surface area contributed by atoms with Crippen molar-refractivity contribution >= 4 is 34.6 Å². The second-order valence-corrected chi connectivity index (χ2v) is 10.4. The normalized spacial score (nSPS) is 17.6. The molecule has 0 unspecified atom stereocenters. The van der Waals surface area contributed by atoms with Crippen LogP contribution in [0.5, 0.6) is 0 Å². The van der Waals surface area contributed by atoms with Gasteiger partial charge >= 0.3 is 0 Å². The number of halogens is 1. The van der Waals surface area contributed by atoms with Crippen LogP contribution in [-0.4, -0.2) is 17.9 Å². The molecule has 4 rings (SSSR count). The number of hydrogen-bond donors (Lipinski definition) is 2. The van der Waals surface area contributed by atoms with Crippen LogP contribution in [0, 0.1) is 12.3 Å². The monoisotopic (exact) mass is 470 g/mol. The Hall–Kier alpha value is -3.06. The van der Waals surface area contributed by atoms with E-state index in [0.29, 0.717) is 33.4 Å². The van der Waals surface area contributed by atoms with E-state index in [1.807, 2.05) is 34.6 Å². The Morgan fingerprint density at radius 2 is 1.73 bits per heavy atom. The maximum atomic E-state index is 13.0. The van der Waals surface area contributed by atoms with E-state index < -0.39 is 27.8 Å². The zero-order chi connectivity index (χ0) is 25.4. The predicted molar refractivity (Wildman–Crippen MR) is 130 cm³/mol. The molecule has 1 aliphatic heterocycles. The van der Waals surface area contributed by atoms with Crippen molar-refractivity contribution in [2.45, 2.75) is 53.1 Å². The largest absolute Gasteiger partial charge is 0.464 e. The summed E-state index contributed by atoms with van der Waals surface area (Å²) in [6.45, 7) is 11.1. The van der Waals surface area contributed by atoms with Crippen LogP contribution in [0.15, 0.2) is 38.3 Å². The quantitative estimate of drug-likeness (QED) is 0.504. The first kappa shape index (κ1) is 21.8. The van der Waals surface area contributed by atoms with Gasteiger partial charge in [0.2, 0.25) is 0 Å². The molecule has 2 N–H and O–H groups in total.